The van der Waals surface area contributed by atoms with Gasteiger partial charge in [0.25, 0.3) is 5.91 Å². The lowest BCUT2D eigenvalue weighted by Crippen LogP contribution is -2.41. The zero-order chi connectivity index (χ0) is 18.6. The van der Waals surface area contributed by atoms with Crippen molar-refractivity contribution in [2.45, 2.75) is 19.8 Å². The molecule has 0 bridgehead atoms. The van der Waals surface area contributed by atoms with Crippen LogP contribution in [0.5, 0.6) is 5.75 Å². The summed E-state index contributed by atoms with van der Waals surface area (Å²) in [6.45, 7) is 4.01. The van der Waals surface area contributed by atoms with Gasteiger partial charge in [-0.2, -0.15) is 9.78 Å². The number of ether oxygens (including phenoxy) is 1. The first-order valence-corrected chi connectivity index (χ1v) is 8.97. The first-order valence-electron chi connectivity index (χ1n) is 8.97. The predicted molar refractivity (Wildman–Crippen MR) is 96.6 cm³/mol. The monoisotopic (exact) mass is 367 g/mol. The van der Waals surface area contributed by atoms with Gasteiger partial charge in [-0.1, -0.05) is 18.2 Å². The van der Waals surface area contributed by atoms with E-state index in [1.807, 2.05) is 36.1 Å². The summed E-state index contributed by atoms with van der Waals surface area (Å²) >= 11 is 0. The summed E-state index contributed by atoms with van der Waals surface area (Å²) in [5.74, 6) is 1.60. The number of hydrogen-bond acceptors (Lipinski definition) is 6. The standard InChI is InChI=1S/C18H21N7O2/c1-13-5-2-3-7-16(13)27-11-14-6-4-8-24(10-14)18(26)15-9-19-21-17(15)25-12-20-22-23-25/h2-3,5,7,9,12,14H,4,6,8,10-11H2,1H3,(H,19,21)/t14-/m1/s1. The third kappa shape index (κ3) is 3.67. The molecule has 1 saturated heterocycles. The summed E-state index contributed by atoms with van der Waals surface area (Å²) in [4.78, 5) is 14.8. The van der Waals surface area contributed by atoms with E-state index >= 15 is 0 Å². The second-order valence-electron chi connectivity index (χ2n) is 6.72. The highest BCUT2D eigenvalue weighted by molar-refractivity contribution is 5.97. The summed E-state index contributed by atoms with van der Waals surface area (Å²) in [5.41, 5.74) is 1.58. The number of carbonyl (C=O) groups is 1. The number of tetrazole rings is 1. The van der Waals surface area contributed by atoms with Crippen LogP contribution in [0.4, 0.5) is 0 Å². The van der Waals surface area contributed by atoms with Crippen molar-refractivity contribution < 1.29 is 9.53 Å². The Hall–Kier alpha value is -3.23. The van der Waals surface area contributed by atoms with Crippen molar-refractivity contribution >= 4 is 5.91 Å². The SMILES string of the molecule is Cc1ccccc1OC[C@@H]1CCCN(C(=O)c2cn[nH]c2-n2cnnn2)C1. The van der Waals surface area contributed by atoms with Crippen LogP contribution in [0.25, 0.3) is 5.82 Å². The number of aromatic amines is 1. The minimum Gasteiger partial charge on any atom is -0.493 e. The molecule has 1 aromatic carbocycles. The van der Waals surface area contributed by atoms with Crippen molar-refractivity contribution in [1.29, 1.82) is 0 Å². The van der Waals surface area contributed by atoms with Gasteiger partial charge in [-0.3, -0.25) is 9.89 Å². The van der Waals surface area contributed by atoms with Crippen LogP contribution in [-0.4, -0.2) is 60.9 Å². The number of rotatable bonds is 5. The van der Waals surface area contributed by atoms with E-state index in [1.54, 1.807) is 0 Å². The Bertz CT molecular complexity index is 906. The van der Waals surface area contributed by atoms with E-state index < -0.39 is 0 Å². The molecule has 9 nitrogen and oxygen atoms in total. The summed E-state index contributed by atoms with van der Waals surface area (Å²) < 4.78 is 7.40. The van der Waals surface area contributed by atoms with E-state index in [0.717, 1.165) is 30.7 Å². The van der Waals surface area contributed by atoms with Crippen LogP contribution in [0.1, 0.15) is 28.8 Å². The molecule has 1 aliphatic rings. The van der Waals surface area contributed by atoms with Gasteiger partial charge in [0.2, 0.25) is 0 Å². The first-order chi connectivity index (χ1) is 13.2. The molecule has 4 rings (SSSR count). The Balaban J connectivity index is 1.42. The van der Waals surface area contributed by atoms with E-state index in [0.29, 0.717) is 30.5 Å². The zero-order valence-electron chi connectivity index (χ0n) is 15.1. The van der Waals surface area contributed by atoms with Gasteiger partial charge in [0.1, 0.15) is 17.6 Å². The molecule has 1 amide bonds. The molecule has 0 saturated carbocycles. The number of hydrogen-bond donors (Lipinski definition) is 1. The van der Waals surface area contributed by atoms with E-state index in [-0.39, 0.29) is 5.91 Å². The maximum atomic E-state index is 13.0. The van der Waals surface area contributed by atoms with Gasteiger partial charge in [-0.15, -0.1) is 5.10 Å². The predicted octanol–water partition coefficient (Wildman–Crippen LogP) is 1.63. The number of nitrogens with one attached hydrogen (secondary N) is 1. The van der Waals surface area contributed by atoms with Crippen LogP contribution in [0.2, 0.25) is 0 Å². The average molecular weight is 367 g/mol. The van der Waals surface area contributed by atoms with Gasteiger partial charge < -0.3 is 9.64 Å². The van der Waals surface area contributed by atoms with Gasteiger partial charge in [0.15, 0.2) is 5.82 Å². The first kappa shape index (κ1) is 17.2. The normalized spacial score (nSPS) is 17.1. The lowest BCUT2D eigenvalue weighted by atomic mass is 9.98. The Kier molecular flexibility index (Phi) is 4.82. The van der Waals surface area contributed by atoms with Crippen LogP contribution in [0.3, 0.4) is 0 Å². The van der Waals surface area contributed by atoms with Gasteiger partial charge in [0.05, 0.1) is 12.8 Å². The molecule has 1 atom stereocenters. The van der Waals surface area contributed by atoms with Crippen LogP contribution >= 0.6 is 0 Å². The second-order valence-corrected chi connectivity index (χ2v) is 6.72. The molecule has 0 aliphatic carbocycles. The molecule has 27 heavy (non-hydrogen) atoms. The molecule has 9 heteroatoms. The van der Waals surface area contributed by atoms with Gasteiger partial charge >= 0.3 is 0 Å². The van der Waals surface area contributed by atoms with E-state index in [1.165, 1.54) is 17.2 Å². The number of likely N-dealkylation sites (tertiary alicyclic amines) is 1. The topological polar surface area (TPSA) is 102 Å². The van der Waals surface area contributed by atoms with Gasteiger partial charge in [-0.25, -0.2) is 0 Å². The number of para-hydroxylation sites is 1. The fourth-order valence-electron chi connectivity index (χ4n) is 3.36. The van der Waals surface area contributed by atoms with Crippen molar-refractivity contribution in [3.8, 4) is 11.6 Å². The maximum absolute atomic E-state index is 13.0. The highest BCUT2D eigenvalue weighted by Crippen LogP contribution is 2.23. The Morgan fingerprint density at radius 3 is 3.07 bits per heavy atom. The van der Waals surface area contributed by atoms with Crippen LogP contribution in [0, 0.1) is 12.8 Å². The minimum atomic E-state index is -0.0742. The fourth-order valence-corrected chi connectivity index (χ4v) is 3.36. The van der Waals surface area contributed by atoms with Crippen molar-refractivity contribution in [2.75, 3.05) is 19.7 Å². The van der Waals surface area contributed by atoms with Gasteiger partial charge in [-0.05, 0) is 41.8 Å². The second kappa shape index (κ2) is 7.56. The summed E-state index contributed by atoms with van der Waals surface area (Å²) in [5, 5.41) is 17.8. The largest absolute Gasteiger partial charge is 0.493 e. The summed E-state index contributed by atoms with van der Waals surface area (Å²) in [6, 6.07) is 7.98. The molecular formula is C18H21N7O2. The minimum absolute atomic E-state index is 0.0742. The Morgan fingerprint density at radius 1 is 1.37 bits per heavy atom. The Morgan fingerprint density at radius 2 is 2.26 bits per heavy atom. The molecule has 3 aromatic rings. The van der Waals surface area contributed by atoms with Crippen molar-refractivity contribution in [2.24, 2.45) is 5.92 Å². The van der Waals surface area contributed by atoms with Crippen molar-refractivity contribution in [3.05, 3.63) is 47.9 Å². The fraction of sp³-hybridized carbons (Fsp3) is 0.389. The third-order valence-electron chi connectivity index (χ3n) is 4.80. The van der Waals surface area contributed by atoms with E-state index in [9.17, 15) is 4.79 Å². The molecule has 0 spiro atoms. The molecule has 140 valence electrons. The van der Waals surface area contributed by atoms with Crippen molar-refractivity contribution in [1.82, 2.24) is 35.3 Å². The number of piperidine rings is 1. The molecular weight excluding hydrogens is 346 g/mol. The highest BCUT2D eigenvalue weighted by atomic mass is 16.5. The van der Waals surface area contributed by atoms with Crippen LogP contribution in [0.15, 0.2) is 36.8 Å². The maximum Gasteiger partial charge on any atom is 0.259 e. The highest BCUT2D eigenvalue weighted by Gasteiger charge is 2.28. The van der Waals surface area contributed by atoms with E-state index in [4.69, 9.17) is 4.74 Å². The number of amides is 1. The third-order valence-corrected chi connectivity index (χ3v) is 4.80. The number of carbonyl (C=O) groups excluding carboxylic acids is 1. The molecule has 0 unspecified atom stereocenters. The summed E-state index contributed by atoms with van der Waals surface area (Å²) in [7, 11) is 0. The molecule has 2 aromatic heterocycles. The average Bonchev–Trinajstić information content (AvgIpc) is 3.38. The van der Waals surface area contributed by atoms with E-state index in [2.05, 4.69) is 25.7 Å². The number of aromatic nitrogens is 6. The number of nitrogens with zero attached hydrogens (tertiary/aromatic N) is 6. The lowest BCUT2D eigenvalue weighted by molar-refractivity contribution is 0.0633. The molecule has 3 heterocycles. The summed E-state index contributed by atoms with van der Waals surface area (Å²) in [6.07, 6.45) is 4.94. The number of H-pyrrole nitrogens is 1. The molecule has 0 radical (unpaired) electrons. The smallest absolute Gasteiger partial charge is 0.259 e. The van der Waals surface area contributed by atoms with Gasteiger partial charge in [0, 0.05) is 19.0 Å². The van der Waals surface area contributed by atoms with Crippen LogP contribution < -0.4 is 4.74 Å². The number of aryl methyl sites for hydroxylation is 1. The lowest BCUT2D eigenvalue weighted by Gasteiger charge is -2.32. The molecule has 1 fully saturated rings. The molecule has 1 N–H and O–H groups in total. The number of benzene rings is 1. The van der Waals surface area contributed by atoms with Crippen molar-refractivity contribution in [3.63, 3.8) is 0 Å². The Labute approximate surface area is 156 Å². The zero-order valence-corrected chi connectivity index (χ0v) is 15.1. The quantitative estimate of drug-likeness (QED) is 0.735. The van der Waals surface area contributed by atoms with Crippen LogP contribution in [-0.2, 0) is 0 Å². The molecule has 1 aliphatic heterocycles.